The number of amides is 1. The summed E-state index contributed by atoms with van der Waals surface area (Å²) in [5.41, 5.74) is 1.77. The van der Waals surface area contributed by atoms with Crippen LogP contribution in [0.4, 0.5) is 9.52 Å². The molecule has 1 aliphatic rings. The highest BCUT2D eigenvalue weighted by atomic mass is 35.5. The lowest BCUT2D eigenvalue weighted by atomic mass is 9.86. The summed E-state index contributed by atoms with van der Waals surface area (Å²) in [6.45, 7) is 1.13. The van der Waals surface area contributed by atoms with Crippen molar-refractivity contribution in [3.8, 4) is 0 Å². The second kappa shape index (κ2) is 8.83. The van der Waals surface area contributed by atoms with E-state index >= 15 is 0 Å². The zero-order chi connectivity index (χ0) is 20.3. The van der Waals surface area contributed by atoms with E-state index in [4.69, 9.17) is 11.6 Å². The van der Waals surface area contributed by atoms with Crippen LogP contribution in [-0.2, 0) is 25.7 Å². The third-order valence-electron chi connectivity index (χ3n) is 4.21. The fraction of sp³-hybridized carbons (Fsp3) is 0.412. The van der Waals surface area contributed by atoms with Gasteiger partial charge in [0.2, 0.25) is 0 Å². The fourth-order valence-electron chi connectivity index (χ4n) is 3.03. The molecule has 0 radical (unpaired) electrons. The molecule has 0 saturated carbocycles. The molecule has 0 bridgehead atoms. The summed E-state index contributed by atoms with van der Waals surface area (Å²) < 4.78 is 43.1. The van der Waals surface area contributed by atoms with E-state index in [0.29, 0.717) is 5.13 Å². The summed E-state index contributed by atoms with van der Waals surface area (Å²) in [6.07, 6.45) is 2.56. The molecule has 0 fully saturated rings. The number of hydrogen-bond donors (Lipinski definition) is 2. The molecule has 11 heteroatoms. The minimum atomic E-state index is -3.94. The van der Waals surface area contributed by atoms with Crippen LogP contribution in [0.15, 0.2) is 18.2 Å². The van der Waals surface area contributed by atoms with E-state index in [9.17, 15) is 17.6 Å². The monoisotopic (exact) mass is 447 g/mol. The van der Waals surface area contributed by atoms with Crippen LogP contribution in [0.25, 0.3) is 0 Å². The van der Waals surface area contributed by atoms with Crippen molar-refractivity contribution in [2.75, 3.05) is 18.5 Å². The highest BCUT2D eigenvalue weighted by Gasteiger charge is 2.27. The van der Waals surface area contributed by atoms with Crippen LogP contribution < -0.4 is 10.0 Å². The molecule has 0 spiro atoms. The number of aromatic nitrogens is 1. The third kappa shape index (κ3) is 5.06. The van der Waals surface area contributed by atoms with Crippen LogP contribution in [0.2, 0.25) is 5.02 Å². The smallest absolute Gasteiger partial charge is 0.300 e. The molecule has 3 rings (SSSR count). The third-order valence-corrected chi connectivity index (χ3v) is 6.70. The van der Waals surface area contributed by atoms with Crippen LogP contribution in [0.5, 0.6) is 0 Å². The average Bonchev–Trinajstić information content (AvgIpc) is 3.04. The number of benzene rings is 1. The van der Waals surface area contributed by atoms with E-state index < -0.39 is 28.6 Å². The first-order chi connectivity index (χ1) is 13.3. The number of thiazole rings is 1. The fourth-order valence-corrected chi connectivity index (χ4v) is 5.10. The minimum absolute atomic E-state index is 0.0235. The van der Waals surface area contributed by atoms with Crippen LogP contribution >= 0.6 is 22.9 Å². The molecule has 1 aliphatic carbocycles. The molecule has 7 nitrogen and oxygen atoms in total. The Morgan fingerprint density at radius 3 is 2.96 bits per heavy atom. The highest BCUT2D eigenvalue weighted by Crippen LogP contribution is 2.42. The molecule has 1 aromatic carbocycles. The zero-order valence-electron chi connectivity index (χ0n) is 15.0. The van der Waals surface area contributed by atoms with Crippen molar-refractivity contribution in [1.82, 2.24) is 9.71 Å². The maximum Gasteiger partial charge on any atom is 0.336 e. The number of halogens is 2. The molecule has 0 saturated heterocycles. The summed E-state index contributed by atoms with van der Waals surface area (Å²) in [6, 6.07) is 4.67. The van der Waals surface area contributed by atoms with Gasteiger partial charge in [0.05, 0.1) is 10.7 Å². The van der Waals surface area contributed by atoms with Gasteiger partial charge in [-0.15, -0.1) is 11.3 Å². The second-order valence-electron chi connectivity index (χ2n) is 6.21. The van der Waals surface area contributed by atoms with Crippen LogP contribution in [0, 0.1) is 5.82 Å². The Labute approximate surface area is 171 Å². The summed E-state index contributed by atoms with van der Waals surface area (Å²) in [7, 11) is -3.94. The molecule has 1 heterocycles. The van der Waals surface area contributed by atoms with Crippen molar-refractivity contribution in [2.45, 2.75) is 32.1 Å². The van der Waals surface area contributed by atoms with Crippen LogP contribution in [0.3, 0.4) is 0 Å². The number of fused-ring (bicyclic) bond motifs is 1. The van der Waals surface area contributed by atoms with Gasteiger partial charge >= 0.3 is 10.3 Å². The number of nitrogens with one attached hydrogen (secondary N) is 2. The van der Waals surface area contributed by atoms with Gasteiger partial charge < -0.3 is 0 Å². The van der Waals surface area contributed by atoms with Gasteiger partial charge in [0.15, 0.2) is 5.13 Å². The molecule has 2 aromatic rings. The summed E-state index contributed by atoms with van der Waals surface area (Å²) in [5.74, 6) is -1.06. The van der Waals surface area contributed by atoms with Crippen molar-refractivity contribution in [2.24, 2.45) is 0 Å². The Morgan fingerprint density at radius 1 is 1.46 bits per heavy atom. The Bertz CT molecular complexity index is 981. The Morgan fingerprint density at radius 2 is 2.25 bits per heavy atom. The summed E-state index contributed by atoms with van der Waals surface area (Å²) >= 11 is 7.24. The number of carbonyl (C=O) groups is 1. The normalized spacial score (nSPS) is 16.6. The van der Waals surface area contributed by atoms with Crippen molar-refractivity contribution in [1.29, 1.82) is 0 Å². The van der Waals surface area contributed by atoms with Gasteiger partial charge in [-0.25, -0.2) is 13.6 Å². The average molecular weight is 448 g/mol. The first kappa shape index (κ1) is 21.1. The highest BCUT2D eigenvalue weighted by molar-refractivity contribution is 7.84. The lowest BCUT2D eigenvalue weighted by Crippen LogP contribution is -2.29. The van der Waals surface area contributed by atoms with Gasteiger partial charge in [0.25, 0.3) is 5.91 Å². The van der Waals surface area contributed by atoms with Crippen molar-refractivity contribution < 1.29 is 21.8 Å². The number of anilines is 1. The molecule has 28 heavy (non-hydrogen) atoms. The second-order valence-corrected chi connectivity index (χ2v) is 9.08. The Kier molecular flexibility index (Phi) is 6.66. The summed E-state index contributed by atoms with van der Waals surface area (Å²) in [5, 5.41) is 3.02. The van der Waals surface area contributed by atoms with E-state index in [2.05, 4.69) is 19.2 Å². The largest absolute Gasteiger partial charge is 0.336 e. The van der Waals surface area contributed by atoms with E-state index in [0.717, 1.165) is 35.4 Å². The van der Waals surface area contributed by atoms with Gasteiger partial charge in [-0.2, -0.15) is 13.1 Å². The predicted molar refractivity (Wildman–Crippen MR) is 105 cm³/mol. The quantitative estimate of drug-likeness (QED) is 0.679. The zero-order valence-corrected chi connectivity index (χ0v) is 17.4. The maximum atomic E-state index is 13.5. The Hall–Kier alpha value is -1.59. The number of hydrogen-bond acceptors (Lipinski definition) is 6. The SMILES string of the molecule is CCNS(=O)(=O)OCC(=O)Nc1nc2c(s1)[C@@H](c1ccc(F)c(Cl)c1)CCC2. The van der Waals surface area contributed by atoms with Gasteiger partial charge in [0.1, 0.15) is 12.4 Å². The number of aryl methyl sites for hydroxylation is 1. The molecule has 1 amide bonds. The number of rotatable bonds is 7. The van der Waals surface area contributed by atoms with E-state index in [1.807, 2.05) is 0 Å². The molecular formula is C17H19ClFN3O4S2. The predicted octanol–water partition coefficient (Wildman–Crippen LogP) is 3.21. The minimum Gasteiger partial charge on any atom is -0.300 e. The van der Waals surface area contributed by atoms with Crippen molar-refractivity contribution in [3.63, 3.8) is 0 Å². The van der Waals surface area contributed by atoms with E-state index in [-0.39, 0.29) is 17.5 Å². The Balaban J connectivity index is 1.72. The first-order valence-corrected chi connectivity index (χ1v) is 11.3. The summed E-state index contributed by atoms with van der Waals surface area (Å²) in [4.78, 5) is 17.4. The van der Waals surface area contributed by atoms with Gasteiger partial charge in [-0.1, -0.05) is 24.6 Å². The lowest BCUT2D eigenvalue weighted by Gasteiger charge is -2.21. The van der Waals surface area contributed by atoms with Crippen LogP contribution in [0.1, 0.15) is 41.8 Å². The van der Waals surface area contributed by atoms with Crippen LogP contribution in [-0.4, -0.2) is 32.5 Å². The first-order valence-electron chi connectivity index (χ1n) is 8.67. The van der Waals surface area contributed by atoms with E-state index in [1.165, 1.54) is 17.4 Å². The molecule has 152 valence electrons. The van der Waals surface area contributed by atoms with Crippen molar-refractivity contribution in [3.05, 3.63) is 45.2 Å². The van der Waals surface area contributed by atoms with Gasteiger partial charge in [-0.05, 0) is 37.0 Å². The lowest BCUT2D eigenvalue weighted by molar-refractivity contribution is -0.118. The molecule has 1 aromatic heterocycles. The van der Waals surface area contributed by atoms with Crippen molar-refractivity contribution >= 4 is 44.3 Å². The molecule has 0 unspecified atom stereocenters. The standard InChI is InChI=1S/C17H19ClFN3O4S2/c1-2-20-28(24,25)26-9-15(23)22-17-21-14-5-3-4-11(16(14)27-17)10-6-7-13(19)12(18)8-10/h6-8,11,20H,2-5,9H2,1H3,(H,21,22,23)/t11-/m1/s1. The molecule has 1 atom stereocenters. The molecular weight excluding hydrogens is 429 g/mol. The molecule has 0 aliphatic heterocycles. The topological polar surface area (TPSA) is 97.4 Å². The molecule has 2 N–H and O–H groups in total. The van der Waals surface area contributed by atoms with Gasteiger partial charge in [0, 0.05) is 17.3 Å². The number of carbonyl (C=O) groups excluding carboxylic acids is 1. The van der Waals surface area contributed by atoms with E-state index in [1.54, 1.807) is 19.1 Å². The van der Waals surface area contributed by atoms with Gasteiger partial charge in [-0.3, -0.25) is 10.1 Å². The number of nitrogens with zero attached hydrogens (tertiary/aromatic N) is 1. The maximum absolute atomic E-state index is 13.5.